The molecule has 0 saturated carbocycles. The lowest BCUT2D eigenvalue weighted by molar-refractivity contribution is -0.384. The average molecular weight is 486 g/mol. The molecule has 1 aliphatic rings. The summed E-state index contributed by atoms with van der Waals surface area (Å²) in [6.45, 7) is 3.67. The number of amides is 2. The molecule has 1 aliphatic heterocycles. The maximum atomic E-state index is 12.7. The van der Waals surface area contributed by atoms with Crippen LogP contribution in [0, 0.1) is 24.0 Å². The zero-order chi connectivity index (χ0) is 23.0. The van der Waals surface area contributed by atoms with E-state index >= 15 is 0 Å². The van der Waals surface area contributed by atoms with Gasteiger partial charge in [-0.15, -0.1) is 11.3 Å². The van der Waals surface area contributed by atoms with Crippen LogP contribution in [0.3, 0.4) is 0 Å². The van der Waals surface area contributed by atoms with Gasteiger partial charge in [0.15, 0.2) is 4.32 Å². The van der Waals surface area contributed by atoms with E-state index in [1.165, 1.54) is 23.5 Å². The summed E-state index contributed by atoms with van der Waals surface area (Å²) in [6.07, 6.45) is 1.49. The van der Waals surface area contributed by atoms with Crippen LogP contribution in [0.5, 0.6) is 0 Å². The highest BCUT2D eigenvalue weighted by molar-refractivity contribution is 8.26. The highest BCUT2D eigenvalue weighted by atomic mass is 32.2. The summed E-state index contributed by atoms with van der Waals surface area (Å²) >= 11 is 7.49. The fourth-order valence-corrected chi connectivity index (χ4v) is 4.76. The Hall–Kier alpha value is -3.28. The van der Waals surface area contributed by atoms with E-state index in [4.69, 9.17) is 16.6 Å². The topological polar surface area (TPSA) is 106 Å². The van der Waals surface area contributed by atoms with E-state index in [-0.39, 0.29) is 14.9 Å². The third-order valence-electron chi connectivity index (χ3n) is 4.73. The number of aryl methyl sites for hydroxylation is 2. The van der Waals surface area contributed by atoms with Gasteiger partial charge in [-0.3, -0.25) is 25.1 Å². The van der Waals surface area contributed by atoms with Crippen LogP contribution in [-0.2, 0) is 4.79 Å². The molecular formula is C21H15N3O5S3. The number of rotatable bonds is 5. The summed E-state index contributed by atoms with van der Waals surface area (Å²) in [6, 6.07) is 9.82. The van der Waals surface area contributed by atoms with E-state index in [0.717, 1.165) is 27.9 Å². The SMILES string of the molecule is Cc1cc(-c2ccc(/C=C3\SC(=S)N(NC(=O)c4cccs4)C3=O)o2)c([N+](=O)[O-])cc1C. The first-order valence-corrected chi connectivity index (χ1v) is 11.3. The average Bonchev–Trinajstić information content (AvgIpc) is 3.48. The Bertz CT molecular complexity index is 1290. The number of nitro benzene ring substituents is 1. The van der Waals surface area contributed by atoms with Crippen molar-refractivity contribution in [3.63, 3.8) is 0 Å². The van der Waals surface area contributed by atoms with Gasteiger partial charge in [-0.05, 0) is 66.8 Å². The van der Waals surface area contributed by atoms with E-state index < -0.39 is 16.7 Å². The van der Waals surface area contributed by atoms with Crippen molar-refractivity contribution in [2.45, 2.75) is 13.8 Å². The first-order valence-electron chi connectivity index (χ1n) is 9.23. The number of furan rings is 1. The predicted molar refractivity (Wildman–Crippen MR) is 127 cm³/mol. The zero-order valence-electron chi connectivity index (χ0n) is 16.8. The van der Waals surface area contributed by atoms with Crippen LogP contribution in [-0.4, -0.2) is 26.1 Å². The molecule has 2 amide bonds. The van der Waals surface area contributed by atoms with Crippen molar-refractivity contribution in [3.8, 4) is 11.3 Å². The van der Waals surface area contributed by atoms with Crippen LogP contribution < -0.4 is 5.43 Å². The van der Waals surface area contributed by atoms with Gasteiger partial charge in [-0.1, -0.05) is 17.8 Å². The fourth-order valence-electron chi connectivity index (χ4n) is 2.98. The normalized spacial score (nSPS) is 14.9. The molecule has 1 saturated heterocycles. The lowest BCUT2D eigenvalue weighted by Gasteiger charge is -2.14. The maximum Gasteiger partial charge on any atom is 0.285 e. The van der Waals surface area contributed by atoms with Crippen LogP contribution >= 0.6 is 35.3 Å². The van der Waals surface area contributed by atoms with Crippen molar-refractivity contribution >= 4 is 63.2 Å². The van der Waals surface area contributed by atoms with Crippen molar-refractivity contribution in [1.29, 1.82) is 0 Å². The second-order valence-corrected chi connectivity index (χ2v) is 9.47. The molecule has 3 heterocycles. The van der Waals surface area contributed by atoms with Gasteiger partial charge in [0, 0.05) is 12.1 Å². The van der Waals surface area contributed by atoms with E-state index in [2.05, 4.69) is 5.43 Å². The molecule has 4 rings (SSSR count). The molecule has 1 aromatic carbocycles. The van der Waals surface area contributed by atoms with Crippen molar-refractivity contribution in [2.75, 3.05) is 0 Å². The number of hydrogen-bond donors (Lipinski definition) is 1. The summed E-state index contributed by atoms with van der Waals surface area (Å²) < 4.78 is 5.97. The highest BCUT2D eigenvalue weighted by Gasteiger charge is 2.34. The molecule has 0 aliphatic carbocycles. The maximum absolute atomic E-state index is 12.7. The molecule has 0 spiro atoms. The van der Waals surface area contributed by atoms with Crippen molar-refractivity contribution in [2.24, 2.45) is 0 Å². The number of nitrogens with zero attached hydrogens (tertiary/aromatic N) is 2. The molecule has 3 aromatic rings. The molecule has 0 bridgehead atoms. The Morgan fingerprint density at radius 3 is 2.69 bits per heavy atom. The number of thioether (sulfide) groups is 1. The van der Waals surface area contributed by atoms with Gasteiger partial charge in [0.1, 0.15) is 11.5 Å². The summed E-state index contributed by atoms with van der Waals surface area (Å²) in [5.74, 6) is -0.273. The van der Waals surface area contributed by atoms with Crippen LogP contribution in [0.2, 0.25) is 0 Å². The largest absolute Gasteiger partial charge is 0.456 e. The number of benzene rings is 1. The third-order valence-corrected chi connectivity index (χ3v) is 6.90. The van der Waals surface area contributed by atoms with Gasteiger partial charge >= 0.3 is 0 Å². The smallest absolute Gasteiger partial charge is 0.285 e. The van der Waals surface area contributed by atoms with Gasteiger partial charge in [-0.2, -0.15) is 5.01 Å². The number of thiophene rings is 1. The Morgan fingerprint density at radius 1 is 1.25 bits per heavy atom. The molecule has 1 N–H and O–H groups in total. The van der Waals surface area contributed by atoms with Crippen LogP contribution in [0.1, 0.15) is 26.6 Å². The molecule has 0 radical (unpaired) electrons. The second kappa shape index (κ2) is 8.69. The van der Waals surface area contributed by atoms with Crippen LogP contribution in [0.4, 0.5) is 5.69 Å². The number of carbonyl (C=O) groups is 2. The number of hydrogen-bond acceptors (Lipinski definition) is 8. The molecule has 162 valence electrons. The van der Waals surface area contributed by atoms with Gasteiger partial charge in [-0.25, -0.2) is 0 Å². The first-order chi connectivity index (χ1) is 15.2. The molecule has 0 unspecified atom stereocenters. The van der Waals surface area contributed by atoms with Gasteiger partial charge in [0.25, 0.3) is 17.5 Å². The number of thiocarbonyl (C=S) groups is 1. The Kier molecular flexibility index (Phi) is 5.96. The third kappa shape index (κ3) is 4.22. The monoisotopic (exact) mass is 485 g/mol. The van der Waals surface area contributed by atoms with E-state index in [0.29, 0.717) is 22.0 Å². The number of carbonyl (C=O) groups excluding carboxylic acids is 2. The fraction of sp³-hybridized carbons (Fsp3) is 0.0952. The Labute approximate surface area is 196 Å². The lowest BCUT2D eigenvalue weighted by Crippen LogP contribution is -2.44. The summed E-state index contributed by atoms with van der Waals surface area (Å²) in [5.41, 5.74) is 4.50. The van der Waals surface area contributed by atoms with Crippen LogP contribution in [0.15, 0.2) is 51.1 Å². The predicted octanol–water partition coefficient (Wildman–Crippen LogP) is 5.08. The van der Waals surface area contributed by atoms with Gasteiger partial charge < -0.3 is 4.42 Å². The standard InChI is InChI=1S/C21H15N3O5S3/c1-11-8-14(15(24(27)28)9-12(11)2)16-6-5-13(29-16)10-18-20(26)23(21(30)32-18)22-19(25)17-4-3-7-31-17/h3-10H,1-2H3,(H,22,25)/b18-10-. The van der Waals surface area contributed by atoms with E-state index in [1.54, 1.807) is 42.6 Å². The highest BCUT2D eigenvalue weighted by Crippen LogP contribution is 2.36. The number of hydrazine groups is 1. The first kappa shape index (κ1) is 21.9. The summed E-state index contributed by atoms with van der Waals surface area (Å²) in [4.78, 5) is 36.7. The van der Waals surface area contributed by atoms with Crippen molar-refractivity contribution in [1.82, 2.24) is 10.4 Å². The number of nitro groups is 1. The molecule has 11 heteroatoms. The molecule has 32 heavy (non-hydrogen) atoms. The Morgan fingerprint density at radius 2 is 2.00 bits per heavy atom. The lowest BCUT2D eigenvalue weighted by atomic mass is 10.0. The Balaban J connectivity index is 1.58. The molecular weight excluding hydrogens is 470 g/mol. The molecule has 8 nitrogen and oxygen atoms in total. The number of nitrogens with one attached hydrogen (secondary N) is 1. The molecule has 2 aromatic heterocycles. The van der Waals surface area contributed by atoms with Gasteiger partial charge in [0.2, 0.25) is 0 Å². The summed E-state index contributed by atoms with van der Waals surface area (Å²) in [7, 11) is 0. The minimum absolute atomic E-state index is 0.0587. The molecule has 1 fully saturated rings. The van der Waals surface area contributed by atoms with Gasteiger partial charge in [0.05, 0.1) is 20.3 Å². The molecule has 0 atom stereocenters. The quantitative estimate of drug-likeness (QED) is 0.232. The van der Waals surface area contributed by atoms with Crippen molar-refractivity contribution < 1.29 is 18.9 Å². The zero-order valence-corrected chi connectivity index (χ0v) is 19.2. The minimum atomic E-state index is -0.486. The minimum Gasteiger partial charge on any atom is -0.456 e. The van der Waals surface area contributed by atoms with Crippen molar-refractivity contribution in [3.05, 3.63) is 78.6 Å². The summed E-state index contributed by atoms with van der Waals surface area (Å²) in [5, 5.41) is 14.3. The second-order valence-electron chi connectivity index (χ2n) is 6.85. The van der Waals surface area contributed by atoms with Crippen LogP contribution in [0.25, 0.3) is 17.4 Å². The van der Waals surface area contributed by atoms with E-state index in [1.807, 2.05) is 6.92 Å². The van der Waals surface area contributed by atoms with E-state index in [9.17, 15) is 19.7 Å².